The van der Waals surface area contributed by atoms with Crippen LogP contribution in [0, 0.1) is 0 Å². The highest BCUT2D eigenvalue weighted by Crippen LogP contribution is 2.09. The summed E-state index contributed by atoms with van der Waals surface area (Å²) in [5.41, 5.74) is 0.938. The van der Waals surface area contributed by atoms with Gasteiger partial charge in [-0.3, -0.25) is 0 Å². The second-order valence-corrected chi connectivity index (χ2v) is 3.99. The molecule has 0 aromatic heterocycles. The Morgan fingerprint density at radius 2 is 1.84 bits per heavy atom. The minimum atomic E-state index is -0.639. The molecule has 102 valence electrons. The average Bonchev–Trinajstić information content (AvgIpc) is 2.43. The molecule has 1 aromatic carbocycles. The van der Waals surface area contributed by atoms with E-state index < -0.39 is 11.9 Å². The first-order valence-electron chi connectivity index (χ1n) is 5.43. The Labute approximate surface area is 116 Å². The summed E-state index contributed by atoms with van der Waals surface area (Å²) in [5, 5.41) is 3.44. The van der Waals surface area contributed by atoms with Gasteiger partial charge in [0.1, 0.15) is 5.70 Å². The maximum atomic E-state index is 11.5. The number of hydrogen-bond donors (Lipinski definition) is 1. The number of esters is 2. The number of methoxy groups -OCH3 is 2. The molecule has 0 atom stereocenters. The van der Waals surface area contributed by atoms with E-state index in [2.05, 4.69) is 14.8 Å². The second kappa shape index (κ2) is 7.43. The minimum Gasteiger partial charge on any atom is -0.466 e. The normalized spacial score (nSPS) is 10.8. The number of ether oxygens (including phenoxy) is 2. The van der Waals surface area contributed by atoms with Crippen LogP contribution >= 0.6 is 11.6 Å². The number of halogens is 1. The predicted molar refractivity (Wildman–Crippen MR) is 70.4 cm³/mol. The van der Waals surface area contributed by atoms with Crippen molar-refractivity contribution in [2.45, 2.75) is 6.54 Å². The van der Waals surface area contributed by atoms with Crippen molar-refractivity contribution in [2.75, 3.05) is 14.2 Å². The van der Waals surface area contributed by atoms with Gasteiger partial charge in [-0.05, 0) is 17.7 Å². The smallest absolute Gasteiger partial charge is 0.354 e. The summed E-state index contributed by atoms with van der Waals surface area (Å²) in [6.45, 7) is 0.356. The van der Waals surface area contributed by atoms with Crippen LogP contribution in [-0.4, -0.2) is 26.2 Å². The number of nitrogens with one attached hydrogen (secondary N) is 1. The molecule has 19 heavy (non-hydrogen) atoms. The molecule has 0 heterocycles. The van der Waals surface area contributed by atoms with Gasteiger partial charge in [0.25, 0.3) is 0 Å². The zero-order valence-corrected chi connectivity index (χ0v) is 11.4. The van der Waals surface area contributed by atoms with Crippen LogP contribution in [-0.2, 0) is 25.6 Å². The molecule has 0 unspecified atom stereocenters. The Morgan fingerprint density at radius 1 is 1.21 bits per heavy atom. The Kier molecular flexibility index (Phi) is 5.89. The van der Waals surface area contributed by atoms with Crippen LogP contribution in [0.25, 0.3) is 0 Å². The van der Waals surface area contributed by atoms with Crippen molar-refractivity contribution in [1.82, 2.24) is 5.32 Å². The summed E-state index contributed by atoms with van der Waals surface area (Å²) in [6, 6.07) is 7.09. The predicted octanol–water partition coefficient (Wildman–Crippen LogP) is 1.66. The van der Waals surface area contributed by atoms with E-state index in [9.17, 15) is 9.59 Å². The van der Waals surface area contributed by atoms with Gasteiger partial charge >= 0.3 is 11.9 Å². The third-order valence-electron chi connectivity index (χ3n) is 2.26. The van der Waals surface area contributed by atoms with Crippen LogP contribution in [0.1, 0.15) is 5.56 Å². The summed E-state index contributed by atoms with van der Waals surface area (Å²) in [7, 11) is 2.46. The van der Waals surface area contributed by atoms with E-state index in [1.165, 1.54) is 14.2 Å². The van der Waals surface area contributed by atoms with E-state index in [0.29, 0.717) is 11.6 Å². The van der Waals surface area contributed by atoms with Gasteiger partial charge in [0.05, 0.1) is 20.3 Å². The highest BCUT2D eigenvalue weighted by Gasteiger charge is 2.11. The zero-order valence-electron chi connectivity index (χ0n) is 10.6. The van der Waals surface area contributed by atoms with Crippen molar-refractivity contribution in [3.63, 3.8) is 0 Å². The van der Waals surface area contributed by atoms with E-state index >= 15 is 0 Å². The Hall–Kier alpha value is -2.01. The van der Waals surface area contributed by atoms with Crippen molar-refractivity contribution in [3.05, 3.63) is 46.6 Å². The first-order valence-corrected chi connectivity index (χ1v) is 5.81. The summed E-state index contributed by atoms with van der Waals surface area (Å²) < 4.78 is 9.03. The average molecular weight is 284 g/mol. The van der Waals surface area contributed by atoms with E-state index in [4.69, 9.17) is 11.6 Å². The van der Waals surface area contributed by atoms with E-state index in [-0.39, 0.29) is 5.70 Å². The Morgan fingerprint density at radius 3 is 2.37 bits per heavy atom. The van der Waals surface area contributed by atoms with Gasteiger partial charge < -0.3 is 14.8 Å². The summed E-state index contributed by atoms with van der Waals surface area (Å²) in [5.74, 6) is -1.27. The maximum absolute atomic E-state index is 11.5. The van der Waals surface area contributed by atoms with Crippen molar-refractivity contribution in [2.24, 2.45) is 0 Å². The molecule has 1 aromatic rings. The van der Waals surface area contributed by atoms with E-state index in [0.717, 1.165) is 11.6 Å². The second-order valence-electron chi connectivity index (χ2n) is 3.55. The van der Waals surface area contributed by atoms with Crippen LogP contribution in [0.15, 0.2) is 36.0 Å². The van der Waals surface area contributed by atoms with Gasteiger partial charge in [-0.25, -0.2) is 9.59 Å². The number of carbonyl (C=O) groups excluding carboxylic acids is 2. The van der Waals surface area contributed by atoms with Gasteiger partial charge in [-0.1, -0.05) is 23.7 Å². The summed E-state index contributed by atoms with van der Waals surface area (Å²) in [6.07, 6.45) is 1.04. The standard InChI is InChI=1S/C13H14ClNO4/c1-18-12(16)7-11(13(17)19-2)15-8-9-3-5-10(14)6-4-9/h3-7,15H,8H2,1-2H3/b11-7+. The molecule has 0 saturated heterocycles. The molecular formula is C13H14ClNO4. The fourth-order valence-electron chi connectivity index (χ4n) is 1.27. The van der Waals surface area contributed by atoms with Gasteiger partial charge in [0.15, 0.2) is 0 Å². The molecule has 1 N–H and O–H groups in total. The molecule has 0 aliphatic rings. The van der Waals surface area contributed by atoms with Crippen molar-refractivity contribution < 1.29 is 19.1 Å². The molecule has 1 rings (SSSR count). The van der Waals surface area contributed by atoms with Crippen LogP contribution in [0.5, 0.6) is 0 Å². The molecule has 6 heteroatoms. The molecule has 0 aliphatic carbocycles. The third kappa shape index (κ3) is 5.01. The topological polar surface area (TPSA) is 64.6 Å². The van der Waals surface area contributed by atoms with Crippen molar-refractivity contribution in [1.29, 1.82) is 0 Å². The largest absolute Gasteiger partial charge is 0.466 e. The first-order chi connectivity index (χ1) is 9.06. The molecule has 0 fully saturated rings. The SMILES string of the molecule is COC(=O)/C=C(/NCc1ccc(Cl)cc1)C(=O)OC. The lowest BCUT2D eigenvalue weighted by Gasteiger charge is -2.09. The molecule has 0 aliphatic heterocycles. The number of carbonyl (C=O) groups is 2. The quantitative estimate of drug-likeness (QED) is 0.658. The fraction of sp³-hybridized carbons (Fsp3) is 0.231. The van der Waals surface area contributed by atoms with Gasteiger partial charge in [0, 0.05) is 11.6 Å². The lowest BCUT2D eigenvalue weighted by molar-refractivity contribution is -0.138. The first kappa shape index (κ1) is 15.0. The molecule has 0 amide bonds. The van der Waals surface area contributed by atoms with Gasteiger partial charge in [-0.15, -0.1) is 0 Å². The van der Waals surface area contributed by atoms with E-state index in [1.807, 2.05) is 12.1 Å². The maximum Gasteiger partial charge on any atom is 0.354 e. The minimum absolute atomic E-state index is 0.0318. The monoisotopic (exact) mass is 283 g/mol. The molecule has 5 nitrogen and oxygen atoms in total. The van der Waals surface area contributed by atoms with Gasteiger partial charge in [0.2, 0.25) is 0 Å². The van der Waals surface area contributed by atoms with E-state index in [1.54, 1.807) is 12.1 Å². The highest BCUT2D eigenvalue weighted by molar-refractivity contribution is 6.30. The molecule has 0 bridgehead atoms. The highest BCUT2D eigenvalue weighted by atomic mass is 35.5. The van der Waals surface area contributed by atoms with Crippen LogP contribution < -0.4 is 5.32 Å². The molecule has 0 radical (unpaired) electrons. The lowest BCUT2D eigenvalue weighted by atomic mass is 10.2. The van der Waals surface area contributed by atoms with Crippen molar-refractivity contribution in [3.8, 4) is 0 Å². The Bertz CT molecular complexity index is 482. The molecular weight excluding hydrogens is 270 g/mol. The van der Waals surface area contributed by atoms with Crippen LogP contribution in [0.3, 0.4) is 0 Å². The lowest BCUT2D eigenvalue weighted by Crippen LogP contribution is -2.22. The number of benzene rings is 1. The summed E-state index contributed by atoms with van der Waals surface area (Å²) >= 11 is 5.77. The summed E-state index contributed by atoms with van der Waals surface area (Å²) in [4.78, 5) is 22.6. The van der Waals surface area contributed by atoms with Crippen LogP contribution in [0.2, 0.25) is 5.02 Å². The molecule has 0 saturated carbocycles. The van der Waals surface area contributed by atoms with Crippen molar-refractivity contribution >= 4 is 23.5 Å². The number of hydrogen-bond acceptors (Lipinski definition) is 5. The van der Waals surface area contributed by atoms with Gasteiger partial charge in [-0.2, -0.15) is 0 Å². The number of rotatable bonds is 5. The Balaban J connectivity index is 2.73. The third-order valence-corrected chi connectivity index (χ3v) is 2.52. The van der Waals surface area contributed by atoms with Crippen LogP contribution in [0.4, 0.5) is 0 Å². The molecule has 0 spiro atoms. The zero-order chi connectivity index (χ0) is 14.3. The fourth-order valence-corrected chi connectivity index (χ4v) is 1.39.